The Morgan fingerprint density at radius 1 is 1.04 bits per heavy atom. The van der Waals surface area contributed by atoms with E-state index in [4.69, 9.17) is 9.47 Å². The normalized spacial score (nSPS) is 13.8. The SMILES string of the molecule is COC(=O)[C@](C)(COc1ccccc1)NS(=O)(=O)c1ccccc1. The van der Waals surface area contributed by atoms with E-state index in [1.54, 1.807) is 42.5 Å². The van der Waals surface area contributed by atoms with Gasteiger partial charge in [0.15, 0.2) is 5.54 Å². The lowest BCUT2D eigenvalue weighted by molar-refractivity contribution is -0.148. The Labute approximate surface area is 141 Å². The minimum absolute atomic E-state index is 0.0554. The first-order valence-corrected chi connectivity index (χ1v) is 8.71. The molecular formula is C17H19NO5S. The van der Waals surface area contributed by atoms with Crippen LogP contribution >= 0.6 is 0 Å². The lowest BCUT2D eigenvalue weighted by Crippen LogP contribution is -2.56. The largest absolute Gasteiger partial charge is 0.491 e. The Kier molecular flexibility index (Phi) is 5.58. The van der Waals surface area contributed by atoms with Gasteiger partial charge in [-0.15, -0.1) is 0 Å². The highest BCUT2D eigenvalue weighted by molar-refractivity contribution is 7.89. The van der Waals surface area contributed by atoms with E-state index >= 15 is 0 Å². The lowest BCUT2D eigenvalue weighted by atomic mass is 10.1. The van der Waals surface area contributed by atoms with Gasteiger partial charge in [0.2, 0.25) is 10.0 Å². The summed E-state index contributed by atoms with van der Waals surface area (Å²) >= 11 is 0. The predicted molar refractivity (Wildman–Crippen MR) is 89.1 cm³/mol. The summed E-state index contributed by atoms with van der Waals surface area (Å²) in [6.45, 7) is 1.21. The molecule has 24 heavy (non-hydrogen) atoms. The fourth-order valence-electron chi connectivity index (χ4n) is 2.05. The van der Waals surface area contributed by atoms with Crippen LogP contribution in [0.4, 0.5) is 0 Å². The van der Waals surface area contributed by atoms with E-state index in [1.807, 2.05) is 6.07 Å². The number of nitrogens with one attached hydrogen (secondary N) is 1. The van der Waals surface area contributed by atoms with Gasteiger partial charge in [-0.2, -0.15) is 4.72 Å². The molecule has 0 aromatic heterocycles. The van der Waals surface area contributed by atoms with E-state index < -0.39 is 21.5 Å². The average molecular weight is 349 g/mol. The Morgan fingerprint density at radius 2 is 1.58 bits per heavy atom. The molecule has 7 heteroatoms. The van der Waals surface area contributed by atoms with Crippen LogP contribution in [-0.4, -0.2) is 33.6 Å². The lowest BCUT2D eigenvalue weighted by Gasteiger charge is -2.27. The van der Waals surface area contributed by atoms with E-state index in [1.165, 1.54) is 26.2 Å². The highest BCUT2D eigenvalue weighted by Gasteiger charge is 2.40. The van der Waals surface area contributed by atoms with Crippen LogP contribution < -0.4 is 9.46 Å². The molecule has 0 aliphatic heterocycles. The summed E-state index contributed by atoms with van der Waals surface area (Å²) in [6, 6.07) is 16.6. The third kappa shape index (κ3) is 4.33. The van der Waals surface area contributed by atoms with Crippen molar-refractivity contribution in [3.8, 4) is 5.75 Å². The van der Waals surface area contributed by atoms with Crippen LogP contribution in [0.25, 0.3) is 0 Å². The molecule has 0 saturated carbocycles. The number of carbonyl (C=O) groups excluding carboxylic acids is 1. The molecular weight excluding hydrogens is 330 g/mol. The molecule has 2 aromatic rings. The molecule has 0 saturated heterocycles. The maximum Gasteiger partial charge on any atom is 0.330 e. The summed E-state index contributed by atoms with van der Waals surface area (Å²) in [5, 5.41) is 0. The number of ether oxygens (including phenoxy) is 2. The molecule has 1 N–H and O–H groups in total. The summed E-state index contributed by atoms with van der Waals surface area (Å²) in [4.78, 5) is 12.2. The van der Waals surface area contributed by atoms with E-state index in [-0.39, 0.29) is 11.5 Å². The molecule has 0 bridgehead atoms. The topological polar surface area (TPSA) is 81.7 Å². The summed E-state index contributed by atoms with van der Waals surface area (Å²) < 4.78 is 37.7. The first-order valence-electron chi connectivity index (χ1n) is 7.23. The van der Waals surface area contributed by atoms with Crippen LogP contribution in [0.3, 0.4) is 0 Å². The maximum absolute atomic E-state index is 12.5. The van der Waals surface area contributed by atoms with Crippen molar-refractivity contribution < 1.29 is 22.7 Å². The second kappa shape index (κ2) is 7.46. The molecule has 2 aromatic carbocycles. The summed E-state index contributed by atoms with van der Waals surface area (Å²) in [5.41, 5.74) is -1.57. The minimum atomic E-state index is -3.91. The highest BCUT2D eigenvalue weighted by atomic mass is 32.2. The van der Waals surface area contributed by atoms with Gasteiger partial charge in [0.05, 0.1) is 12.0 Å². The Hall–Kier alpha value is -2.38. The molecule has 1 atom stereocenters. The molecule has 0 radical (unpaired) electrons. The Balaban J connectivity index is 2.23. The average Bonchev–Trinajstić information content (AvgIpc) is 2.60. The Bertz CT molecular complexity index is 777. The standard InChI is InChI=1S/C17H19NO5S/c1-17(16(19)22-2,13-23-14-9-5-3-6-10-14)18-24(20,21)15-11-7-4-8-12-15/h3-12,18H,13H2,1-2H3/t17-/m0/s1. The number of para-hydroxylation sites is 1. The van der Waals surface area contributed by atoms with E-state index in [9.17, 15) is 13.2 Å². The zero-order valence-electron chi connectivity index (χ0n) is 13.4. The monoisotopic (exact) mass is 349 g/mol. The number of hydrogen-bond acceptors (Lipinski definition) is 5. The van der Waals surface area contributed by atoms with Gasteiger partial charge in [-0.1, -0.05) is 36.4 Å². The number of rotatable bonds is 7. The Morgan fingerprint density at radius 3 is 2.12 bits per heavy atom. The van der Waals surface area contributed by atoms with Crippen molar-refractivity contribution in [2.24, 2.45) is 0 Å². The number of methoxy groups -OCH3 is 1. The molecule has 0 aliphatic carbocycles. The van der Waals surface area contributed by atoms with E-state index in [2.05, 4.69) is 4.72 Å². The van der Waals surface area contributed by atoms with Gasteiger partial charge in [-0.3, -0.25) is 0 Å². The van der Waals surface area contributed by atoms with Gasteiger partial charge in [0, 0.05) is 0 Å². The maximum atomic E-state index is 12.5. The number of hydrogen-bond donors (Lipinski definition) is 1. The van der Waals surface area contributed by atoms with Crippen LogP contribution in [0.2, 0.25) is 0 Å². The van der Waals surface area contributed by atoms with Crippen molar-refractivity contribution >= 4 is 16.0 Å². The third-order valence-electron chi connectivity index (χ3n) is 3.32. The van der Waals surface area contributed by atoms with Crippen molar-refractivity contribution in [2.75, 3.05) is 13.7 Å². The molecule has 0 spiro atoms. The van der Waals surface area contributed by atoms with Crippen LogP contribution in [0, 0.1) is 0 Å². The number of benzene rings is 2. The molecule has 0 aliphatic rings. The molecule has 2 rings (SSSR count). The smallest absolute Gasteiger partial charge is 0.330 e. The first-order chi connectivity index (χ1) is 11.4. The molecule has 6 nitrogen and oxygen atoms in total. The number of esters is 1. The fourth-order valence-corrected chi connectivity index (χ4v) is 3.42. The zero-order chi connectivity index (χ0) is 17.6. The number of carbonyl (C=O) groups is 1. The first kappa shape index (κ1) is 18.0. The second-order valence-electron chi connectivity index (χ2n) is 5.34. The van der Waals surface area contributed by atoms with Crippen molar-refractivity contribution in [1.82, 2.24) is 4.72 Å². The summed E-state index contributed by atoms with van der Waals surface area (Å²) in [7, 11) is -2.71. The quantitative estimate of drug-likeness (QED) is 0.773. The number of sulfonamides is 1. The zero-order valence-corrected chi connectivity index (χ0v) is 14.2. The molecule has 0 heterocycles. The van der Waals surface area contributed by atoms with Gasteiger partial charge in [-0.05, 0) is 31.2 Å². The van der Waals surface area contributed by atoms with Crippen LogP contribution in [0.1, 0.15) is 6.92 Å². The van der Waals surface area contributed by atoms with Crippen molar-refractivity contribution in [3.63, 3.8) is 0 Å². The molecule has 128 valence electrons. The highest BCUT2D eigenvalue weighted by Crippen LogP contribution is 2.17. The van der Waals surface area contributed by atoms with Crippen LogP contribution in [-0.2, 0) is 19.6 Å². The van der Waals surface area contributed by atoms with Gasteiger partial charge in [0.1, 0.15) is 12.4 Å². The summed E-state index contributed by atoms with van der Waals surface area (Å²) in [5.74, 6) is -0.218. The molecule has 0 amide bonds. The van der Waals surface area contributed by atoms with Crippen molar-refractivity contribution in [1.29, 1.82) is 0 Å². The molecule has 0 fully saturated rings. The van der Waals surface area contributed by atoms with Crippen molar-refractivity contribution in [3.05, 3.63) is 60.7 Å². The predicted octanol–water partition coefficient (Wildman–Crippen LogP) is 1.98. The van der Waals surface area contributed by atoms with Gasteiger partial charge >= 0.3 is 5.97 Å². The van der Waals surface area contributed by atoms with E-state index in [0.717, 1.165) is 0 Å². The van der Waals surface area contributed by atoms with Crippen LogP contribution in [0.15, 0.2) is 65.6 Å². The van der Waals surface area contributed by atoms with Crippen molar-refractivity contribution in [2.45, 2.75) is 17.4 Å². The minimum Gasteiger partial charge on any atom is -0.491 e. The fraction of sp³-hybridized carbons (Fsp3) is 0.235. The second-order valence-corrected chi connectivity index (χ2v) is 7.03. The van der Waals surface area contributed by atoms with Gasteiger partial charge in [0.25, 0.3) is 0 Å². The van der Waals surface area contributed by atoms with Gasteiger partial charge < -0.3 is 9.47 Å². The summed E-state index contributed by atoms with van der Waals surface area (Å²) in [6.07, 6.45) is 0. The molecule has 0 unspecified atom stereocenters. The van der Waals surface area contributed by atoms with Gasteiger partial charge in [-0.25, -0.2) is 13.2 Å². The third-order valence-corrected chi connectivity index (χ3v) is 4.93. The van der Waals surface area contributed by atoms with E-state index in [0.29, 0.717) is 5.75 Å². The van der Waals surface area contributed by atoms with Crippen LogP contribution in [0.5, 0.6) is 5.75 Å².